The van der Waals surface area contributed by atoms with Gasteiger partial charge in [-0.25, -0.2) is 4.79 Å². The summed E-state index contributed by atoms with van der Waals surface area (Å²) in [5.74, 6) is -1.96. The van der Waals surface area contributed by atoms with Crippen molar-refractivity contribution in [3.8, 4) is 0 Å². The number of amides is 2. The molecule has 0 aromatic carbocycles. The van der Waals surface area contributed by atoms with E-state index in [1.54, 1.807) is 31.4 Å². The Labute approximate surface area is 126 Å². The van der Waals surface area contributed by atoms with Crippen molar-refractivity contribution in [3.05, 3.63) is 41.8 Å². The van der Waals surface area contributed by atoms with Gasteiger partial charge in [0.15, 0.2) is 0 Å². The first-order valence-electron chi connectivity index (χ1n) is 6.84. The number of aryl methyl sites for hydroxylation is 1. The number of carbonyl (C=O) groups is 3. The second kappa shape index (κ2) is 5.25. The number of rotatable bonds is 3. The molecule has 1 aromatic rings. The van der Waals surface area contributed by atoms with Crippen molar-refractivity contribution in [1.82, 2.24) is 14.7 Å². The highest BCUT2D eigenvalue weighted by atomic mass is 16.5. The van der Waals surface area contributed by atoms with Gasteiger partial charge in [0.2, 0.25) is 11.8 Å². The number of esters is 1. The maximum Gasteiger partial charge on any atom is 0.341 e. The summed E-state index contributed by atoms with van der Waals surface area (Å²) in [5.41, 5.74) is 0.728. The largest absolute Gasteiger partial charge is 0.465 e. The Morgan fingerprint density at radius 2 is 1.82 bits per heavy atom. The van der Waals surface area contributed by atoms with Crippen LogP contribution in [-0.4, -0.2) is 39.6 Å². The van der Waals surface area contributed by atoms with Gasteiger partial charge in [0.05, 0.1) is 37.4 Å². The number of carbonyl (C=O) groups excluding carboxylic acids is 3. The zero-order valence-corrected chi connectivity index (χ0v) is 12.2. The van der Waals surface area contributed by atoms with Crippen molar-refractivity contribution in [2.45, 2.75) is 6.54 Å². The normalized spacial score (nSPS) is 23.1. The van der Waals surface area contributed by atoms with Crippen LogP contribution >= 0.6 is 0 Å². The molecule has 0 spiro atoms. The zero-order chi connectivity index (χ0) is 15.9. The molecule has 0 bridgehead atoms. The molecule has 1 aromatic heterocycles. The van der Waals surface area contributed by atoms with Crippen molar-refractivity contribution in [3.63, 3.8) is 0 Å². The summed E-state index contributed by atoms with van der Waals surface area (Å²) in [5, 5.41) is 4.01. The molecule has 0 saturated carbocycles. The van der Waals surface area contributed by atoms with E-state index in [2.05, 4.69) is 5.10 Å². The molecule has 1 aliphatic carbocycles. The van der Waals surface area contributed by atoms with Crippen molar-refractivity contribution in [2.24, 2.45) is 18.9 Å². The van der Waals surface area contributed by atoms with E-state index in [1.807, 2.05) is 0 Å². The first-order chi connectivity index (χ1) is 10.5. The van der Waals surface area contributed by atoms with Gasteiger partial charge < -0.3 is 4.74 Å². The Kier molecular flexibility index (Phi) is 3.40. The second-order valence-corrected chi connectivity index (χ2v) is 5.20. The van der Waals surface area contributed by atoms with Crippen molar-refractivity contribution in [2.75, 3.05) is 7.11 Å². The average molecular weight is 301 g/mol. The highest BCUT2D eigenvalue weighted by molar-refractivity contribution is 6.07. The molecule has 2 unspecified atom stereocenters. The molecule has 114 valence electrons. The number of hydrogen-bond acceptors (Lipinski definition) is 5. The average Bonchev–Trinajstić information content (AvgIpc) is 3.01. The third-order valence-electron chi connectivity index (χ3n) is 4.01. The van der Waals surface area contributed by atoms with Gasteiger partial charge in [0.1, 0.15) is 5.56 Å². The fraction of sp³-hybridized carbons (Fsp3) is 0.333. The fourth-order valence-corrected chi connectivity index (χ4v) is 2.78. The van der Waals surface area contributed by atoms with E-state index < -0.39 is 17.8 Å². The van der Waals surface area contributed by atoms with Crippen LogP contribution in [0.2, 0.25) is 0 Å². The highest BCUT2D eigenvalue weighted by Gasteiger charge is 2.46. The molecule has 22 heavy (non-hydrogen) atoms. The third kappa shape index (κ3) is 2.05. The number of aromatic nitrogens is 2. The fourth-order valence-electron chi connectivity index (χ4n) is 2.78. The minimum atomic E-state index is -0.542. The van der Waals surface area contributed by atoms with E-state index >= 15 is 0 Å². The van der Waals surface area contributed by atoms with E-state index in [0.29, 0.717) is 5.69 Å². The Morgan fingerprint density at radius 1 is 1.23 bits per heavy atom. The van der Waals surface area contributed by atoms with Crippen LogP contribution in [0.15, 0.2) is 30.5 Å². The lowest BCUT2D eigenvalue weighted by molar-refractivity contribution is -0.140. The Hall–Kier alpha value is -2.70. The van der Waals surface area contributed by atoms with Crippen LogP contribution in [0, 0.1) is 11.8 Å². The molecule has 7 nitrogen and oxygen atoms in total. The Balaban J connectivity index is 1.91. The molecule has 2 amide bonds. The Morgan fingerprint density at radius 3 is 2.36 bits per heavy atom. The second-order valence-electron chi connectivity index (χ2n) is 5.20. The van der Waals surface area contributed by atoms with Gasteiger partial charge in [-0.05, 0) is 0 Å². The maximum atomic E-state index is 12.4. The lowest BCUT2D eigenvalue weighted by atomic mass is 9.91. The first kappa shape index (κ1) is 14.2. The van der Waals surface area contributed by atoms with E-state index in [-0.39, 0.29) is 23.9 Å². The maximum absolute atomic E-state index is 12.4. The molecule has 1 saturated heterocycles. The van der Waals surface area contributed by atoms with Gasteiger partial charge in [-0.2, -0.15) is 5.10 Å². The molecular weight excluding hydrogens is 286 g/mol. The SMILES string of the molecule is COC(=O)c1cnn(C)c1CN1C(=O)C2C=CC=CC2C1=O. The highest BCUT2D eigenvalue weighted by Crippen LogP contribution is 2.32. The molecule has 2 heterocycles. The first-order valence-corrected chi connectivity index (χ1v) is 6.84. The van der Waals surface area contributed by atoms with Crippen LogP contribution in [0.1, 0.15) is 16.1 Å². The van der Waals surface area contributed by atoms with E-state index in [0.717, 1.165) is 0 Å². The number of hydrogen-bond donors (Lipinski definition) is 0. The summed E-state index contributed by atoms with van der Waals surface area (Å²) in [7, 11) is 2.93. The monoisotopic (exact) mass is 301 g/mol. The summed E-state index contributed by atoms with van der Waals surface area (Å²) < 4.78 is 6.17. The summed E-state index contributed by atoms with van der Waals surface area (Å²) in [6.07, 6.45) is 8.36. The quantitative estimate of drug-likeness (QED) is 0.597. The van der Waals surface area contributed by atoms with E-state index in [4.69, 9.17) is 4.74 Å². The van der Waals surface area contributed by atoms with Crippen LogP contribution in [-0.2, 0) is 27.9 Å². The summed E-state index contributed by atoms with van der Waals surface area (Å²) in [4.78, 5) is 37.8. The number of nitrogens with zero attached hydrogens (tertiary/aromatic N) is 3. The lowest BCUT2D eigenvalue weighted by Gasteiger charge is -2.15. The molecule has 3 rings (SSSR count). The smallest absolute Gasteiger partial charge is 0.341 e. The Bertz CT molecular complexity index is 686. The molecular formula is C15H15N3O4. The van der Waals surface area contributed by atoms with Gasteiger partial charge >= 0.3 is 5.97 Å². The molecule has 7 heteroatoms. The van der Waals surface area contributed by atoms with Crippen molar-refractivity contribution in [1.29, 1.82) is 0 Å². The summed E-state index contributed by atoms with van der Waals surface area (Å²) >= 11 is 0. The number of methoxy groups -OCH3 is 1. The predicted molar refractivity (Wildman–Crippen MR) is 75.4 cm³/mol. The lowest BCUT2D eigenvalue weighted by Crippen LogP contribution is -2.32. The molecule has 0 radical (unpaired) electrons. The van der Waals surface area contributed by atoms with Gasteiger partial charge in [-0.15, -0.1) is 0 Å². The standard InChI is InChI=1S/C15H15N3O4/c1-17-12(11(7-16-17)15(21)22-2)8-18-13(19)9-5-3-4-6-10(9)14(18)20/h3-7,9-10H,8H2,1-2H3. The minimum Gasteiger partial charge on any atom is -0.465 e. The zero-order valence-electron chi connectivity index (χ0n) is 12.2. The summed E-state index contributed by atoms with van der Waals surface area (Å²) in [6, 6.07) is 0. The van der Waals surface area contributed by atoms with Crippen LogP contribution < -0.4 is 0 Å². The van der Waals surface area contributed by atoms with E-state index in [9.17, 15) is 14.4 Å². The van der Waals surface area contributed by atoms with Gasteiger partial charge in [-0.3, -0.25) is 19.2 Å². The van der Waals surface area contributed by atoms with Gasteiger partial charge in [0, 0.05) is 7.05 Å². The van der Waals surface area contributed by atoms with Crippen molar-refractivity contribution < 1.29 is 19.1 Å². The molecule has 2 aliphatic rings. The third-order valence-corrected chi connectivity index (χ3v) is 4.01. The molecule has 1 aliphatic heterocycles. The number of fused-ring (bicyclic) bond motifs is 1. The molecule has 2 atom stereocenters. The van der Waals surface area contributed by atoms with Crippen LogP contribution in [0.25, 0.3) is 0 Å². The van der Waals surface area contributed by atoms with Gasteiger partial charge in [-0.1, -0.05) is 24.3 Å². The van der Waals surface area contributed by atoms with Gasteiger partial charge in [0.25, 0.3) is 0 Å². The topological polar surface area (TPSA) is 81.5 Å². The van der Waals surface area contributed by atoms with E-state index in [1.165, 1.54) is 22.9 Å². The molecule has 0 N–H and O–H groups in total. The summed E-state index contributed by atoms with van der Waals surface area (Å²) in [6.45, 7) is 0.00722. The number of ether oxygens (including phenoxy) is 1. The van der Waals surface area contributed by atoms with Crippen LogP contribution in [0.5, 0.6) is 0 Å². The number of imide groups is 1. The predicted octanol–water partition coefficient (Wildman–Crippen LogP) is 0.434. The van der Waals surface area contributed by atoms with Crippen LogP contribution in [0.3, 0.4) is 0 Å². The minimum absolute atomic E-state index is 0.00722. The van der Waals surface area contributed by atoms with Crippen LogP contribution in [0.4, 0.5) is 0 Å². The van der Waals surface area contributed by atoms with Crippen molar-refractivity contribution >= 4 is 17.8 Å². The number of allylic oxidation sites excluding steroid dienone is 2. The number of likely N-dealkylation sites (tertiary alicyclic amines) is 1. The molecule has 1 fully saturated rings.